The Balaban J connectivity index is 2.22. The zero-order valence-electron chi connectivity index (χ0n) is 11.9. The molecule has 2 amide bonds. The molecule has 4 N–H and O–H groups in total. The van der Waals surface area contributed by atoms with Crippen LogP contribution in [0.5, 0.6) is 5.75 Å². The van der Waals surface area contributed by atoms with Crippen LogP contribution in [0.2, 0.25) is 0 Å². The number of nitrogens with one attached hydrogen (secondary N) is 2. The number of amides is 2. The quantitative estimate of drug-likeness (QED) is 0.585. The van der Waals surface area contributed by atoms with Gasteiger partial charge in [0.05, 0.1) is 6.04 Å². The van der Waals surface area contributed by atoms with Gasteiger partial charge in [0.15, 0.2) is 0 Å². The van der Waals surface area contributed by atoms with Crippen molar-refractivity contribution in [2.24, 2.45) is 0 Å². The summed E-state index contributed by atoms with van der Waals surface area (Å²) in [7, 11) is 0. The summed E-state index contributed by atoms with van der Waals surface area (Å²) in [4.78, 5) is 11.8. The van der Waals surface area contributed by atoms with Crippen molar-refractivity contribution in [1.29, 1.82) is 0 Å². The van der Waals surface area contributed by atoms with E-state index in [-0.39, 0.29) is 17.7 Å². The van der Waals surface area contributed by atoms with E-state index in [1.807, 2.05) is 26.0 Å². The fraction of sp³-hybridized carbons (Fsp3) is 0.400. The molecule has 0 fully saturated rings. The van der Waals surface area contributed by atoms with Crippen molar-refractivity contribution < 1.29 is 9.53 Å². The Kier molecular flexibility index (Phi) is 3.88. The van der Waals surface area contributed by atoms with Crippen molar-refractivity contribution in [2.75, 3.05) is 12.3 Å². The predicted molar refractivity (Wildman–Crippen MR) is 79.7 cm³/mol. The van der Waals surface area contributed by atoms with E-state index in [0.29, 0.717) is 18.7 Å². The van der Waals surface area contributed by atoms with E-state index < -0.39 is 0 Å². The Hall–Kier alpha value is -2.17. The van der Waals surface area contributed by atoms with Crippen LogP contribution in [-0.2, 0) is 0 Å². The van der Waals surface area contributed by atoms with Gasteiger partial charge in [-0.15, -0.1) is 6.58 Å². The number of rotatable bonds is 3. The maximum atomic E-state index is 11.8. The number of carbonyl (C=O) groups excluding carboxylic acids is 1. The Labute approximate surface area is 119 Å². The maximum Gasteiger partial charge on any atom is 0.315 e. The van der Waals surface area contributed by atoms with E-state index in [9.17, 15) is 4.79 Å². The highest BCUT2D eigenvalue weighted by Crippen LogP contribution is 2.40. The minimum Gasteiger partial charge on any atom is -0.487 e. The van der Waals surface area contributed by atoms with Crippen molar-refractivity contribution >= 4 is 11.7 Å². The van der Waals surface area contributed by atoms with Crippen LogP contribution in [0.1, 0.15) is 31.9 Å². The topological polar surface area (TPSA) is 76.4 Å². The number of ether oxygens (including phenoxy) is 1. The van der Waals surface area contributed by atoms with Crippen molar-refractivity contribution in [3.8, 4) is 5.75 Å². The second-order valence-electron chi connectivity index (χ2n) is 5.56. The number of hydrogen-bond donors (Lipinski definition) is 3. The number of benzene rings is 1. The minimum absolute atomic E-state index is 0.123. The third kappa shape index (κ3) is 3.23. The molecule has 0 bridgehead atoms. The first-order chi connectivity index (χ1) is 9.41. The lowest BCUT2D eigenvalue weighted by Gasteiger charge is -2.38. The third-order valence-corrected chi connectivity index (χ3v) is 3.20. The largest absolute Gasteiger partial charge is 0.487 e. The van der Waals surface area contributed by atoms with Gasteiger partial charge in [-0.3, -0.25) is 0 Å². The van der Waals surface area contributed by atoms with Crippen LogP contribution in [0.15, 0.2) is 30.9 Å². The first kappa shape index (κ1) is 14.2. The summed E-state index contributed by atoms with van der Waals surface area (Å²) in [6, 6.07) is 5.16. The molecule has 1 unspecified atom stereocenters. The Morgan fingerprint density at radius 1 is 1.60 bits per heavy atom. The fourth-order valence-electron chi connectivity index (χ4n) is 2.38. The van der Waals surface area contributed by atoms with Gasteiger partial charge in [-0.1, -0.05) is 6.08 Å². The van der Waals surface area contributed by atoms with E-state index in [1.165, 1.54) is 0 Å². The molecule has 1 aromatic rings. The number of hydrogen-bond acceptors (Lipinski definition) is 3. The summed E-state index contributed by atoms with van der Waals surface area (Å²) in [5.74, 6) is 0.768. The molecule has 1 aromatic carbocycles. The van der Waals surface area contributed by atoms with Crippen molar-refractivity contribution in [1.82, 2.24) is 10.6 Å². The Bertz CT molecular complexity index is 526. The molecule has 1 atom stereocenters. The smallest absolute Gasteiger partial charge is 0.315 e. The molecular formula is C15H21N3O2. The molecule has 5 heteroatoms. The van der Waals surface area contributed by atoms with Crippen LogP contribution in [0.3, 0.4) is 0 Å². The van der Waals surface area contributed by atoms with Crippen LogP contribution in [0.4, 0.5) is 10.5 Å². The Morgan fingerprint density at radius 2 is 2.35 bits per heavy atom. The van der Waals surface area contributed by atoms with Gasteiger partial charge in [0, 0.05) is 24.2 Å². The van der Waals surface area contributed by atoms with Gasteiger partial charge >= 0.3 is 6.03 Å². The molecule has 0 aliphatic carbocycles. The van der Waals surface area contributed by atoms with Crippen LogP contribution in [-0.4, -0.2) is 18.2 Å². The molecule has 1 heterocycles. The van der Waals surface area contributed by atoms with Gasteiger partial charge in [-0.2, -0.15) is 0 Å². The van der Waals surface area contributed by atoms with Gasteiger partial charge in [-0.05, 0) is 32.0 Å². The summed E-state index contributed by atoms with van der Waals surface area (Å²) >= 11 is 0. The molecule has 1 aliphatic heterocycles. The van der Waals surface area contributed by atoms with E-state index >= 15 is 0 Å². The zero-order chi connectivity index (χ0) is 14.8. The minimum atomic E-state index is -0.334. The van der Waals surface area contributed by atoms with Gasteiger partial charge in [0.1, 0.15) is 11.4 Å². The standard InChI is InChI=1S/C15H21N3O2/c1-4-7-17-14(19)18-12-9-15(2,3)20-13-6-5-10(16)8-11(12)13/h4-6,8,12H,1,7,9,16H2,2-3H3,(H2,17,18,19). The molecule has 0 aromatic heterocycles. The molecule has 0 spiro atoms. The predicted octanol–water partition coefficient (Wildman–Crippen LogP) is 2.36. The first-order valence-corrected chi connectivity index (χ1v) is 6.65. The molecular weight excluding hydrogens is 254 g/mol. The van der Waals surface area contributed by atoms with Crippen LogP contribution in [0, 0.1) is 0 Å². The average Bonchev–Trinajstić information content (AvgIpc) is 2.36. The van der Waals surface area contributed by atoms with E-state index in [0.717, 1.165) is 11.3 Å². The molecule has 0 saturated heterocycles. The fourth-order valence-corrected chi connectivity index (χ4v) is 2.38. The third-order valence-electron chi connectivity index (χ3n) is 3.20. The van der Waals surface area contributed by atoms with Gasteiger partial charge < -0.3 is 21.1 Å². The van der Waals surface area contributed by atoms with E-state index in [1.54, 1.807) is 12.1 Å². The summed E-state index contributed by atoms with van der Waals surface area (Å²) in [5.41, 5.74) is 7.06. The van der Waals surface area contributed by atoms with Crippen molar-refractivity contribution in [2.45, 2.75) is 31.9 Å². The number of fused-ring (bicyclic) bond motifs is 1. The number of nitrogen functional groups attached to an aromatic ring is 1. The molecule has 5 nitrogen and oxygen atoms in total. The molecule has 20 heavy (non-hydrogen) atoms. The average molecular weight is 275 g/mol. The highest BCUT2D eigenvalue weighted by Gasteiger charge is 2.34. The summed E-state index contributed by atoms with van der Waals surface area (Å²) in [6.07, 6.45) is 2.32. The normalized spacial score (nSPS) is 19.4. The van der Waals surface area contributed by atoms with E-state index in [4.69, 9.17) is 10.5 Å². The summed E-state index contributed by atoms with van der Waals surface area (Å²) in [5, 5.41) is 5.67. The molecule has 0 saturated carbocycles. The van der Waals surface area contributed by atoms with Gasteiger partial charge in [0.25, 0.3) is 0 Å². The lowest BCUT2D eigenvalue weighted by atomic mass is 9.89. The van der Waals surface area contributed by atoms with Crippen molar-refractivity contribution in [3.05, 3.63) is 36.4 Å². The maximum absolute atomic E-state index is 11.8. The highest BCUT2D eigenvalue weighted by molar-refractivity contribution is 5.75. The van der Waals surface area contributed by atoms with Gasteiger partial charge in [-0.25, -0.2) is 4.79 Å². The zero-order valence-corrected chi connectivity index (χ0v) is 11.9. The lowest BCUT2D eigenvalue weighted by Crippen LogP contribution is -2.44. The Morgan fingerprint density at radius 3 is 3.05 bits per heavy atom. The summed E-state index contributed by atoms with van der Waals surface area (Å²) in [6.45, 7) is 8.01. The van der Waals surface area contributed by atoms with Crippen LogP contribution >= 0.6 is 0 Å². The van der Waals surface area contributed by atoms with Gasteiger partial charge in [0.2, 0.25) is 0 Å². The number of urea groups is 1. The molecule has 1 aliphatic rings. The molecule has 2 rings (SSSR count). The SMILES string of the molecule is C=CCNC(=O)NC1CC(C)(C)Oc2ccc(N)cc21. The van der Waals surface area contributed by atoms with Crippen LogP contribution < -0.4 is 21.1 Å². The van der Waals surface area contributed by atoms with Crippen LogP contribution in [0.25, 0.3) is 0 Å². The molecule has 0 radical (unpaired) electrons. The lowest BCUT2D eigenvalue weighted by molar-refractivity contribution is 0.0679. The summed E-state index contributed by atoms with van der Waals surface area (Å²) < 4.78 is 5.92. The number of anilines is 1. The van der Waals surface area contributed by atoms with E-state index in [2.05, 4.69) is 17.2 Å². The number of nitrogens with two attached hydrogens (primary N) is 1. The first-order valence-electron chi connectivity index (χ1n) is 6.65. The van der Waals surface area contributed by atoms with Crippen molar-refractivity contribution in [3.63, 3.8) is 0 Å². The second kappa shape index (κ2) is 5.45. The highest BCUT2D eigenvalue weighted by atomic mass is 16.5. The molecule has 108 valence electrons. The monoisotopic (exact) mass is 275 g/mol. The number of carbonyl (C=O) groups is 1. The second-order valence-corrected chi connectivity index (χ2v) is 5.56.